The standard InChI is InChI=1S/C6H9NO/c8-5-6(1-2-6)7-3-4-7/h5H,1-4H2. The van der Waals surface area contributed by atoms with Gasteiger partial charge < -0.3 is 4.79 Å². The monoisotopic (exact) mass is 111 g/mol. The zero-order valence-electron chi connectivity index (χ0n) is 4.76. The van der Waals surface area contributed by atoms with Crippen LogP contribution in [-0.4, -0.2) is 29.8 Å². The van der Waals surface area contributed by atoms with Crippen molar-refractivity contribution < 1.29 is 4.79 Å². The smallest absolute Gasteiger partial charge is 0.140 e. The summed E-state index contributed by atoms with van der Waals surface area (Å²) in [5.74, 6) is 0. The summed E-state index contributed by atoms with van der Waals surface area (Å²) in [6.07, 6.45) is 3.33. The second-order valence-electron chi connectivity index (χ2n) is 2.71. The average Bonchev–Trinajstić information content (AvgIpc) is 2.63. The van der Waals surface area contributed by atoms with Crippen molar-refractivity contribution in [3.63, 3.8) is 0 Å². The third-order valence-corrected chi connectivity index (χ3v) is 2.06. The minimum atomic E-state index is 0.0556. The topological polar surface area (TPSA) is 20.1 Å². The third kappa shape index (κ3) is 0.436. The Morgan fingerprint density at radius 3 is 2.12 bits per heavy atom. The first kappa shape index (κ1) is 4.50. The van der Waals surface area contributed by atoms with Gasteiger partial charge in [0, 0.05) is 13.1 Å². The summed E-state index contributed by atoms with van der Waals surface area (Å²) in [6, 6.07) is 0. The van der Waals surface area contributed by atoms with Gasteiger partial charge in [0.2, 0.25) is 0 Å². The van der Waals surface area contributed by atoms with E-state index in [1.807, 2.05) is 0 Å². The molecule has 1 aliphatic carbocycles. The van der Waals surface area contributed by atoms with E-state index in [-0.39, 0.29) is 5.54 Å². The second kappa shape index (κ2) is 1.13. The van der Waals surface area contributed by atoms with Crippen LogP contribution in [0.3, 0.4) is 0 Å². The van der Waals surface area contributed by atoms with Crippen LogP contribution in [0, 0.1) is 0 Å². The lowest BCUT2D eigenvalue weighted by Gasteiger charge is -2.03. The molecule has 0 N–H and O–H groups in total. The number of carbonyl (C=O) groups is 1. The lowest BCUT2D eigenvalue weighted by Crippen LogP contribution is -2.21. The Morgan fingerprint density at radius 2 is 2.00 bits per heavy atom. The second-order valence-corrected chi connectivity index (χ2v) is 2.71. The van der Waals surface area contributed by atoms with Crippen LogP contribution in [-0.2, 0) is 4.79 Å². The SMILES string of the molecule is O=CC1(N2CC2)CC1. The van der Waals surface area contributed by atoms with Crippen LogP contribution < -0.4 is 0 Å². The first-order chi connectivity index (χ1) is 3.87. The lowest BCUT2D eigenvalue weighted by molar-refractivity contribution is -0.111. The van der Waals surface area contributed by atoms with Crippen LogP contribution >= 0.6 is 0 Å². The van der Waals surface area contributed by atoms with Crippen molar-refractivity contribution in [3.05, 3.63) is 0 Å². The van der Waals surface area contributed by atoms with Gasteiger partial charge in [-0.15, -0.1) is 0 Å². The summed E-state index contributed by atoms with van der Waals surface area (Å²) in [5, 5.41) is 0. The third-order valence-electron chi connectivity index (χ3n) is 2.06. The van der Waals surface area contributed by atoms with Crippen molar-refractivity contribution in [2.45, 2.75) is 18.4 Å². The van der Waals surface area contributed by atoms with Crippen LogP contribution in [0.15, 0.2) is 0 Å². The van der Waals surface area contributed by atoms with Crippen LogP contribution in [0.2, 0.25) is 0 Å². The van der Waals surface area contributed by atoms with Gasteiger partial charge in [-0.05, 0) is 12.8 Å². The van der Waals surface area contributed by atoms with E-state index in [9.17, 15) is 4.79 Å². The lowest BCUT2D eigenvalue weighted by atomic mass is 10.3. The Hall–Kier alpha value is -0.370. The molecule has 0 aromatic rings. The molecule has 1 heterocycles. The van der Waals surface area contributed by atoms with E-state index < -0.39 is 0 Å². The molecule has 1 saturated heterocycles. The zero-order valence-corrected chi connectivity index (χ0v) is 4.76. The molecule has 44 valence electrons. The molecule has 2 nitrogen and oxygen atoms in total. The number of carbonyl (C=O) groups excluding carboxylic acids is 1. The summed E-state index contributed by atoms with van der Waals surface area (Å²) in [4.78, 5) is 12.6. The Labute approximate surface area is 48.5 Å². The van der Waals surface area contributed by atoms with Crippen LogP contribution in [0.1, 0.15) is 12.8 Å². The molecule has 2 aliphatic rings. The average molecular weight is 111 g/mol. The van der Waals surface area contributed by atoms with Gasteiger partial charge in [-0.3, -0.25) is 4.90 Å². The fourth-order valence-corrected chi connectivity index (χ4v) is 1.13. The zero-order chi connectivity index (χ0) is 5.61. The van der Waals surface area contributed by atoms with Gasteiger partial charge in [0.1, 0.15) is 6.29 Å². The molecule has 0 unspecified atom stereocenters. The number of aldehydes is 1. The number of hydrogen-bond donors (Lipinski definition) is 0. The van der Waals surface area contributed by atoms with Crippen LogP contribution in [0.5, 0.6) is 0 Å². The Bertz CT molecular complexity index is 124. The van der Waals surface area contributed by atoms with E-state index >= 15 is 0 Å². The predicted octanol–water partition coefficient (Wildman–Crippen LogP) is 0.0335. The maximum absolute atomic E-state index is 10.3. The number of rotatable bonds is 2. The Kier molecular flexibility index (Phi) is 0.637. The molecule has 2 rings (SSSR count). The highest BCUT2D eigenvalue weighted by molar-refractivity contribution is 5.69. The van der Waals surface area contributed by atoms with E-state index in [1.54, 1.807) is 0 Å². The van der Waals surface area contributed by atoms with Gasteiger partial charge in [-0.1, -0.05) is 0 Å². The predicted molar refractivity (Wildman–Crippen MR) is 29.6 cm³/mol. The molecule has 0 amide bonds. The van der Waals surface area contributed by atoms with E-state index in [1.165, 1.54) is 0 Å². The van der Waals surface area contributed by atoms with Gasteiger partial charge in [0.15, 0.2) is 0 Å². The Balaban J connectivity index is 2.09. The van der Waals surface area contributed by atoms with E-state index in [4.69, 9.17) is 0 Å². The molecule has 0 atom stereocenters. The van der Waals surface area contributed by atoms with Gasteiger partial charge in [0.25, 0.3) is 0 Å². The molecular formula is C6H9NO. The summed E-state index contributed by atoms with van der Waals surface area (Å²) >= 11 is 0. The number of nitrogens with zero attached hydrogens (tertiary/aromatic N) is 1. The summed E-state index contributed by atoms with van der Waals surface area (Å²) in [6.45, 7) is 2.30. The van der Waals surface area contributed by atoms with E-state index in [2.05, 4.69) is 4.90 Å². The van der Waals surface area contributed by atoms with Crippen molar-refractivity contribution in [2.24, 2.45) is 0 Å². The number of hydrogen-bond acceptors (Lipinski definition) is 2. The first-order valence-corrected chi connectivity index (χ1v) is 3.09. The molecule has 0 bridgehead atoms. The first-order valence-electron chi connectivity index (χ1n) is 3.09. The quantitative estimate of drug-likeness (QED) is 0.370. The maximum atomic E-state index is 10.3. The van der Waals surface area contributed by atoms with Crippen molar-refractivity contribution in [3.8, 4) is 0 Å². The minimum absolute atomic E-state index is 0.0556. The van der Waals surface area contributed by atoms with E-state index in [0.29, 0.717) is 0 Å². The van der Waals surface area contributed by atoms with Crippen molar-refractivity contribution >= 4 is 6.29 Å². The van der Waals surface area contributed by atoms with Crippen molar-refractivity contribution in [2.75, 3.05) is 13.1 Å². The fourth-order valence-electron chi connectivity index (χ4n) is 1.13. The highest BCUT2D eigenvalue weighted by atomic mass is 16.1. The molecule has 0 spiro atoms. The molecule has 0 aromatic carbocycles. The molecular weight excluding hydrogens is 102 g/mol. The van der Waals surface area contributed by atoms with Crippen molar-refractivity contribution in [1.82, 2.24) is 4.90 Å². The van der Waals surface area contributed by atoms with E-state index in [0.717, 1.165) is 32.2 Å². The summed E-state index contributed by atoms with van der Waals surface area (Å²) in [5.41, 5.74) is 0.0556. The van der Waals surface area contributed by atoms with Gasteiger partial charge in [0.05, 0.1) is 5.54 Å². The Morgan fingerprint density at radius 1 is 1.38 bits per heavy atom. The molecule has 0 aromatic heterocycles. The van der Waals surface area contributed by atoms with Gasteiger partial charge in [-0.25, -0.2) is 0 Å². The molecule has 2 fully saturated rings. The summed E-state index contributed by atoms with van der Waals surface area (Å²) in [7, 11) is 0. The maximum Gasteiger partial charge on any atom is 0.140 e. The summed E-state index contributed by atoms with van der Waals surface area (Å²) < 4.78 is 0. The largest absolute Gasteiger partial charge is 0.301 e. The molecule has 8 heavy (non-hydrogen) atoms. The molecule has 0 radical (unpaired) electrons. The minimum Gasteiger partial charge on any atom is -0.301 e. The highest BCUT2D eigenvalue weighted by Crippen LogP contribution is 2.42. The normalized spacial score (nSPS) is 32.0. The molecule has 1 saturated carbocycles. The van der Waals surface area contributed by atoms with Crippen LogP contribution in [0.25, 0.3) is 0 Å². The fraction of sp³-hybridized carbons (Fsp3) is 0.833. The highest BCUT2D eigenvalue weighted by Gasteiger charge is 2.52. The molecule has 2 heteroatoms. The van der Waals surface area contributed by atoms with Crippen molar-refractivity contribution in [1.29, 1.82) is 0 Å². The van der Waals surface area contributed by atoms with Gasteiger partial charge in [-0.2, -0.15) is 0 Å². The van der Waals surface area contributed by atoms with Crippen LogP contribution in [0.4, 0.5) is 0 Å². The van der Waals surface area contributed by atoms with Gasteiger partial charge >= 0.3 is 0 Å². The molecule has 1 aliphatic heterocycles.